The van der Waals surface area contributed by atoms with Crippen LogP contribution in [0.3, 0.4) is 0 Å². The molecular weight excluding hydrogens is 177 g/mol. The number of aryl methyl sites for hydroxylation is 2. The topological polar surface area (TPSA) is 26.0 Å². The Morgan fingerprint density at radius 2 is 2.00 bits per heavy atom. The molecule has 0 aliphatic carbocycles. The van der Waals surface area contributed by atoms with E-state index in [2.05, 4.69) is 0 Å². The Labute approximate surface area is 85.1 Å². The Morgan fingerprint density at radius 1 is 1.36 bits per heavy atom. The van der Waals surface area contributed by atoms with Crippen molar-refractivity contribution >= 4 is 0 Å². The molecule has 0 fully saturated rings. The van der Waals surface area contributed by atoms with Crippen molar-refractivity contribution in [2.45, 2.75) is 39.2 Å². The molecule has 0 bridgehead atoms. The molecule has 0 saturated carbocycles. The maximum Gasteiger partial charge on any atom is 0.123 e. The predicted molar refractivity (Wildman–Crippen MR) is 57.7 cm³/mol. The van der Waals surface area contributed by atoms with E-state index in [1.54, 1.807) is 6.07 Å². The van der Waals surface area contributed by atoms with Crippen LogP contribution in [-0.4, -0.2) is 5.54 Å². The quantitative estimate of drug-likeness (QED) is 0.788. The van der Waals surface area contributed by atoms with Gasteiger partial charge in [-0.05, 0) is 56.9 Å². The lowest BCUT2D eigenvalue weighted by molar-refractivity contribution is 0.475. The van der Waals surface area contributed by atoms with E-state index < -0.39 is 0 Å². The number of nitrogens with two attached hydrogens (primary N) is 1. The Bertz CT molecular complexity index is 313. The molecule has 0 atom stereocenters. The Balaban J connectivity index is 2.72. The second-order valence-corrected chi connectivity index (χ2v) is 4.56. The van der Waals surface area contributed by atoms with E-state index in [0.717, 1.165) is 24.0 Å². The molecule has 2 heteroatoms. The number of benzene rings is 1. The number of hydrogen-bond donors (Lipinski definition) is 1. The standard InChI is InChI=1S/C12H18FN/c1-9-4-5-11(13)8-10(9)6-7-12(2,3)14/h4-5,8H,6-7,14H2,1-3H3. The van der Waals surface area contributed by atoms with Crippen molar-refractivity contribution in [1.29, 1.82) is 0 Å². The highest BCUT2D eigenvalue weighted by Crippen LogP contribution is 2.15. The minimum Gasteiger partial charge on any atom is -0.326 e. The fourth-order valence-corrected chi connectivity index (χ4v) is 1.37. The number of hydrogen-bond acceptors (Lipinski definition) is 1. The average Bonchev–Trinajstić information content (AvgIpc) is 2.05. The van der Waals surface area contributed by atoms with Crippen molar-refractivity contribution in [3.8, 4) is 0 Å². The summed E-state index contributed by atoms with van der Waals surface area (Å²) >= 11 is 0. The molecule has 1 nitrogen and oxygen atoms in total. The molecule has 14 heavy (non-hydrogen) atoms. The summed E-state index contributed by atoms with van der Waals surface area (Å²) in [4.78, 5) is 0. The summed E-state index contributed by atoms with van der Waals surface area (Å²) in [6, 6.07) is 4.90. The van der Waals surface area contributed by atoms with Crippen LogP contribution in [0.1, 0.15) is 31.4 Å². The maximum absolute atomic E-state index is 12.9. The van der Waals surface area contributed by atoms with Crippen LogP contribution in [0.2, 0.25) is 0 Å². The molecule has 0 aromatic heterocycles. The van der Waals surface area contributed by atoms with Crippen molar-refractivity contribution in [1.82, 2.24) is 0 Å². The van der Waals surface area contributed by atoms with Gasteiger partial charge >= 0.3 is 0 Å². The van der Waals surface area contributed by atoms with Crippen LogP contribution >= 0.6 is 0 Å². The molecule has 0 heterocycles. The van der Waals surface area contributed by atoms with E-state index in [1.807, 2.05) is 26.8 Å². The molecular formula is C12H18FN. The summed E-state index contributed by atoms with van der Waals surface area (Å²) in [5.74, 6) is -0.166. The first-order chi connectivity index (χ1) is 6.38. The van der Waals surface area contributed by atoms with Crippen molar-refractivity contribution in [3.05, 3.63) is 35.1 Å². The number of halogens is 1. The zero-order chi connectivity index (χ0) is 10.8. The zero-order valence-corrected chi connectivity index (χ0v) is 9.10. The molecule has 2 N–H and O–H groups in total. The van der Waals surface area contributed by atoms with Crippen molar-refractivity contribution in [2.24, 2.45) is 5.73 Å². The van der Waals surface area contributed by atoms with Gasteiger partial charge in [0, 0.05) is 5.54 Å². The summed E-state index contributed by atoms with van der Waals surface area (Å²) in [6.45, 7) is 5.97. The fourth-order valence-electron chi connectivity index (χ4n) is 1.37. The van der Waals surface area contributed by atoms with E-state index in [4.69, 9.17) is 5.73 Å². The molecule has 78 valence electrons. The number of rotatable bonds is 3. The maximum atomic E-state index is 12.9. The smallest absolute Gasteiger partial charge is 0.123 e. The second kappa shape index (κ2) is 4.09. The molecule has 1 rings (SSSR count). The lowest BCUT2D eigenvalue weighted by Crippen LogP contribution is -2.32. The molecule has 0 amide bonds. The molecule has 0 radical (unpaired) electrons. The minimum atomic E-state index is -0.182. The van der Waals surface area contributed by atoms with E-state index in [1.165, 1.54) is 6.07 Å². The highest BCUT2D eigenvalue weighted by Gasteiger charge is 2.11. The van der Waals surface area contributed by atoms with Gasteiger partial charge < -0.3 is 5.73 Å². The van der Waals surface area contributed by atoms with Gasteiger partial charge in [0.2, 0.25) is 0 Å². The summed E-state index contributed by atoms with van der Waals surface area (Å²) in [5, 5.41) is 0. The van der Waals surface area contributed by atoms with Crippen molar-refractivity contribution < 1.29 is 4.39 Å². The van der Waals surface area contributed by atoms with Gasteiger partial charge in [-0.15, -0.1) is 0 Å². The lowest BCUT2D eigenvalue weighted by atomic mass is 9.94. The summed E-state index contributed by atoms with van der Waals surface area (Å²) in [5.41, 5.74) is 7.89. The fraction of sp³-hybridized carbons (Fsp3) is 0.500. The zero-order valence-electron chi connectivity index (χ0n) is 9.10. The molecule has 0 saturated heterocycles. The second-order valence-electron chi connectivity index (χ2n) is 4.56. The Kier molecular flexibility index (Phi) is 3.27. The molecule has 0 unspecified atom stereocenters. The molecule has 1 aromatic carbocycles. The van der Waals surface area contributed by atoms with Crippen LogP contribution in [0.4, 0.5) is 4.39 Å². The van der Waals surface area contributed by atoms with Gasteiger partial charge in [0.15, 0.2) is 0 Å². The molecule has 0 aliphatic heterocycles. The van der Waals surface area contributed by atoms with Crippen LogP contribution < -0.4 is 5.73 Å². The normalized spacial score (nSPS) is 11.8. The molecule has 1 aromatic rings. The Hall–Kier alpha value is -0.890. The van der Waals surface area contributed by atoms with Gasteiger partial charge in [-0.25, -0.2) is 4.39 Å². The summed E-state index contributed by atoms with van der Waals surface area (Å²) in [6.07, 6.45) is 1.71. The van der Waals surface area contributed by atoms with Crippen LogP contribution in [0, 0.1) is 12.7 Å². The third-order valence-corrected chi connectivity index (χ3v) is 2.35. The van der Waals surface area contributed by atoms with E-state index in [0.29, 0.717) is 0 Å². The first kappa shape index (κ1) is 11.2. The van der Waals surface area contributed by atoms with Gasteiger partial charge in [-0.2, -0.15) is 0 Å². The monoisotopic (exact) mass is 195 g/mol. The third kappa shape index (κ3) is 3.46. The minimum absolute atomic E-state index is 0.166. The van der Waals surface area contributed by atoms with Crippen LogP contribution in [0.5, 0.6) is 0 Å². The van der Waals surface area contributed by atoms with E-state index in [9.17, 15) is 4.39 Å². The highest BCUT2D eigenvalue weighted by molar-refractivity contribution is 5.26. The largest absolute Gasteiger partial charge is 0.326 e. The molecule has 0 spiro atoms. The predicted octanol–water partition coefficient (Wildman–Crippen LogP) is 2.80. The van der Waals surface area contributed by atoms with E-state index >= 15 is 0 Å². The SMILES string of the molecule is Cc1ccc(F)cc1CCC(C)(C)N. The van der Waals surface area contributed by atoms with Crippen molar-refractivity contribution in [3.63, 3.8) is 0 Å². The first-order valence-electron chi connectivity index (χ1n) is 4.92. The van der Waals surface area contributed by atoms with Crippen LogP contribution in [-0.2, 0) is 6.42 Å². The van der Waals surface area contributed by atoms with Gasteiger partial charge in [0.25, 0.3) is 0 Å². The van der Waals surface area contributed by atoms with Gasteiger partial charge in [-0.1, -0.05) is 6.07 Å². The molecule has 0 aliphatic rings. The third-order valence-electron chi connectivity index (χ3n) is 2.35. The van der Waals surface area contributed by atoms with Gasteiger partial charge in [0.1, 0.15) is 5.82 Å². The lowest BCUT2D eigenvalue weighted by Gasteiger charge is -2.18. The van der Waals surface area contributed by atoms with Gasteiger partial charge in [0.05, 0.1) is 0 Å². The van der Waals surface area contributed by atoms with E-state index in [-0.39, 0.29) is 11.4 Å². The van der Waals surface area contributed by atoms with Crippen LogP contribution in [0.15, 0.2) is 18.2 Å². The average molecular weight is 195 g/mol. The first-order valence-corrected chi connectivity index (χ1v) is 4.92. The highest BCUT2D eigenvalue weighted by atomic mass is 19.1. The van der Waals surface area contributed by atoms with Crippen molar-refractivity contribution in [2.75, 3.05) is 0 Å². The van der Waals surface area contributed by atoms with Gasteiger partial charge in [-0.3, -0.25) is 0 Å². The Morgan fingerprint density at radius 3 is 2.57 bits per heavy atom. The summed E-state index contributed by atoms with van der Waals surface area (Å²) < 4.78 is 12.9. The van der Waals surface area contributed by atoms with Crippen LogP contribution in [0.25, 0.3) is 0 Å². The summed E-state index contributed by atoms with van der Waals surface area (Å²) in [7, 11) is 0.